The average molecular weight is 355 g/mol. The van der Waals surface area contributed by atoms with Gasteiger partial charge in [-0.1, -0.05) is 6.92 Å². The molecule has 0 atom stereocenters. The minimum Gasteiger partial charge on any atom is -0.368 e. The molecule has 0 saturated carbocycles. The van der Waals surface area contributed by atoms with Gasteiger partial charge in [0.15, 0.2) is 0 Å². The Morgan fingerprint density at radius 2 is 1.35 bits per heavy atom. The molecule has 5 nitrogen and oxygen atoms in total. The van der Waals surface area contributed by atoms with Crippen LogP contribution in [0.5, 0.6) is 0 Å². The van der Waals surface area contributed by atoms with Crippen LogP contribution in [0.15, 0.2) is 36.7 Å². The molecule has 0 radical (unpaired) electrons. The fourth-order valence-electron chi connectivity index (χ4n) is 3.77. The minimum absolute atomic E-state index is 0.187. The molecule has 3 heterocycles. The molecular weight excluding hydrogens is 329 g/mol. The van der Waals surface area contributed by atoms with Crippen molar-refractivity contribution in [2.75, 3.05) is 54.0 Å². The lowest BCUT2D eigenvalue weighted by Crippen LogP contribution is -2.47. The van der Waals surface area contributed by atoms with Gasteiger partial charge in [-0.15, -0.1) is 0 Å². The summed E-state index contributed by atoms with van der Waals surface area (Å²) in [6.45, 7) is 8.11. The number of hydrogen-bond acceptors (Lipinski definition) is 5. The first kappa shape index (κ1) is 17.1. The summed E-state index contributed by atoms with van der Waals surface area (Å²) in [5.41, 5.74) is 1.08. The third-order valence-electron chi connectivity index (χ3n) is 5.54. The van der Waals surface area contributed by atoms with E-state index in [1.54, 1.807) is 6.33 Å². The Labute approximate surface area is 154 Å². The lowest BCUT2D eigenvalue weighted by molar-refractivity contribution is 0.436. The van der Waals surface area contributed by atoms with Gasteiger partial charge >= 0.3 is 0 Å². The number of benzene rings is 1. The van der Waals surface area contributed by atoms with E-state index < -0.39 is 0 Å². The van der Waals surface area contributed by atoms with E-state index in [1.807, 2.05) is 12.1 Å². The van der Waals surface area contributed by atoms with Crippen LogP contribution in [0.3, 0.4) is 0 Å². The largest absolute Gasteiger partial charge is 0.368 e. The molecule has 0 spiro atoms. The summed E-state index contributed by atoms with van der Waals surface area (Å²) in [6.07, 6.45) is 4.15. The van der Waals surface area contributed by atoms with Crippen LogP contribution in [0.2, 0.25) is 0 Å². The molecule has 1 aromatic carbocycles. The maximum atomic E-state index is 13.1. The monoisotopic (exact) mass is 355 g/mol. The van der Waals surface area contributed by atoms with Crippen LogP contribution in [0.1, 0.15) is 19.8 Å². The van der Waals surface area contributed by atoms with Crippen molar-refractivity contribution in [3.63, 3.8) is 0 Å². The van der Waals surface area contributed by atoms with Crippen molar-refractivity contribution in [3.8, 4) is 0 Å². The van der Waals surface area contributed by atoms with Crippen LogP contribution in [-0.2, 0) is 0 Å². The summed E-state index contributed by atoms with van der Waals surface area (Å²) in [4.78, 5) is 16.0. The van der Waals surface area contributed by atoms with Crippen LogP contribution < -0.4 is 14.7 Å². The van der Waals surface area contributed by atoms with Gasteiger partial charge in [0.25, 0.3) is 0 Å². The van der Waals surface area contributed by atoms with Crippen molar-refractivity contribution in [2.24, 2.45) is 5.92 Å². The van der Waals surface area contributed by atoms with Gasteiger partial charge < -0.3 is 14.7 Å². The molecule has 138 valence electrons. The third-order valence-corrected chi connectivity index (χ3v) is 5.54. The zero-order valence-corrected chi connectivity index (χ0v) is 15.3. The molecule has 0 N–H and O–H groups in total. The molecule has 4 rings (SSSR count). The summed E-state index contributed by atoms with van der Waals surface area (Å²) < 4.78 is 13.1. The second-order valence-electron chi connectivity index (χ2n) is 7.35. The molecular formula is C20H26FN5. The lowest BCUT2D eigenvalue weighted by atomic mass is 9.99. The van der Waals surface area contributed by atoms with E-state index in [2.05, 4.69) is 37.7 Å². The van der Waals surface area contributed by atoms with E-state index >= 15 is 0 Å². The van der Waals surface area contributed by atoms with Crippen molar-refractivity contribution in [1.29, 1.82) is 0 Å². The topological polar surface area (TPSA) is 35.5 Å². The van der Waals surface area contributed by atoms with Crippen molar-refractivity contribution < 1.29 is 4.39 Å². The number of halogens is 1. The average Bonchev–Trinajstić information content (AvgIpc) is 2.69. The molecule has 1 aromatic heterocycles. The van der Waals surface area contributed by atoms with Crippen LogP contribution in [-0.4, -0.2) is 49.2 Å². The van der Waals surface area contributed by atoms with Gasteiger partial charge in [-0.2, -0.15) is 0 Å². The Morgan fingerprint density at radius 3 is 1.96 bits per heavy atom. The maximum absolute atomic E-state index is 13.1. The van der Waals surface area contributed by atoms with Gasteiger partial charge in [0, 0.05) is 51.0 Å². The van der Waals surface area contributed by atoms with E-state index in [9.17, 15) is 4.39 Å². The molecule has 2 aromatic rings. The standard InChI is InChI=1S/C20H26FN5/c1-16-6-8-25(9-7-16)19-14-20(23-15-22-19)26-12-10-24(11-13-26)18-4-2-17(21)3-5-18/h2-5,14-16H,6-13H2,1H3. The van der Waals surface area contributed by atoms with E-state index in [4.69, 9.17) is 0 Å². The van der Waals surface area contributed by atoms with Crippen molar-refractivity contribution in [1.82, 2.24) is 9.97 Å². The van der Waals surface area contributed by atoms with Crippen molar-refractivity contribution in [2.45, 2.75) is 19.8 Å². The molecule has 0 amide bonds. The summed E-state index contributed by atoms with van der Waals surface area (Å²) >= 11 is 0. The molecule has 2 aliphatic heterocycles. The fourth-order valence-corrected chi connectivity index (χ4v) is 3.77. The fraction of sp³-hybridized carbons (Fsp3) is 0.500. The number of piperidine rings is 1. The molecule has 2 aliphatic rings. The Bertz CT molecular complexity index is 719. The molecule has 6 heteroatoms. The first-order valence-corrected chi connectivity index (χ1v) is 9.51. The SMILES string of the molecule is CC1CCN(c2cc(N3CCN(c4ccc(F)cc4)CC3)ncn2)CC1. The Kier molecular flexibility index (Phi) is 4.91. The maximum Gasteiger partial charge on any atom is 0.134 e. The first-order chi connectivity index (χ1) is 12.7. The van der Waals surface area contributed by atoms with E-state index in [0.29, 0.717) is 0 Å². The zero-order chi connectivity index (χ0) is 17.9. The van der Waals surface area contributed by atoms with E-state index in [0.717, 1.165) is 62.5 Å². The highest BCUT2D eigenvalue weighted by molar-refractivity contribution is 5.53. The van der Waals surface area contributed by atoms with Crippen LogP contribution in [0.25, 0.3) is 0 Å². The van der Waals surface area contributed by atoms with Gasteiger partial charge in [0.1, 0.15) is 23.8 Å². The normalized spacial score (nSPS) is 19.1. The molecule has 0 aliphatic carbocycles. The van der Waals surface area contributed by atoms with Gasteiger partial charge in [-0.25, -0.2) is 14.4 Å². The summed E-state index contributed by atoms with van der Waals surface area (Å²) in [5.74, 6) is 2.68. The smallest absolute Gasteiger partial charge is 0.134 e. The Morgan fingerprint density at radius 1 is 0.808 bits per heavy atom. The summed E-state index contributed by atoms with van der Waals surface area (Å²) in [5, 5.41) is 0. The lowest BCUT2D eigenvalue weighted by Gasteiger charge is -2.37. The Hall–Kier alpha value is -2.37. The second kappa shape index (κ2) is 7.48. The quantitative estimate of drug-likeness (QED) is 0.845. The third kappa shape index (κ3) is 3.74. The Balaban J connectivity index is 1.40. The van der Waals surface area contributed by atoms with Gasteiger partial charge in [-0.3, -0.25) is 0 Å². The van der Waals surface area contributed by atoms with Gasteiger partial charge in [0.05, 0.1) is 0 Å². The van der Waals surface area contributed by atoms with Crippen molar-refractivity contribution in [3.05, 3.63) is 42.5 Å². The van der Waals surface area contributed by atoms with Crippen LogP contribution >= 0.6 is 0 Å². The summed E-state index contributed by atoms with van der Waals surface area (Å²) in [7, 11) is 0. The highest BCUT2D eigenvalue weighted by Gasteiger charge is 2.21. The predicted molar refractivity (Wildman–Crippen MR) is 103 cm³/mol. The minimum atomic E-state index is -0.187. The number of nitrogens with zero attached hydrogens (tertiary/aromatic N) is 5. The highest BCUT2D eigenvalue weighted by Crippen LogP contribution is 2.25. The molecule has 2 fully saturated rings. The van der Waals surface area contributed by atoms with E-state index in [-0.39, 0.29) is 5.82 Å². The zero-order valence-electron chi connectivity index (χ0n) is 15.3. The van der Waals surface area contributed by atoms with Crippen molar-refractivity contribution >= 4 is 17.3 Å². The molecule has 0 unspecified atom stereocenters. The number of hydrogen-bond donors (Lipinski definition) is 0. The van der Waals surface area contributed by atoms with Crippen LogP contribution in [0.4, 0.5) is 21.7 Å². The first-order valence-electron chi connectivity index (χ1n) is 9.51. The summed E-state index contributed by atoms with van der Waals surface area (Å²) in [6, 6.07) is 8.88. The number of piperazine rings is 1. The highest BCUT2D eigenvalue weighted by atomic mass is 19.1. The van der Waals surface area contributed by atoms with Gasteiger partial charge in [-0.05, 0) is 43.0 Å². The number of anilines is 3. The molecule has 26 heavy (non-hydrogen) atoms. The van der Waals surface area contributed by atoms with E-state index in [1.165, 1.54) is 25.0 Å². The molecule has 2 saturated heterocycles. The second-order valence-corrected chi connectivity index (χ2v) is 7.35. The van der Waals surface area contributed by atoms with Gasteiger partial charge in [0.2, 0.25) is 0 Å². The predicted octanol–water partition coefficient (Wildman–Crippen LogP) is 3.18. The number of rotatable bonds is 3. The van der Waals surface area contributed by atoms with Crippen LogP contribution in [0, 0.1) is 11.7 Å². The number of aromatic nitrogens is 2. The molecule has 0 bridgehead atoms.